The number of hydrogen-bond donors (Lipinski definition) is 1. The standard InChI is InChI=1S/C16H20N4O8S2/c1-7-11-14(18-6-17-11)19-16(29)20(7)15-13(26-9(3)22)12(28-30(4,23)24)10(27-15)5-25-8(2)21/h6,10,12-13,15H,5H2,1-4H3,(H,17,18,19,29)/t10-,12+,13-,15-/m1/s1. The van der Waals surface area contributed by atoms with E-state index in [0.29, 0.717) is 17.2 Å². The van der Waals surface area contributed by atoms with Crippen LogP contribution in [0.5, 0.6) is 0 Å². The van der Waals surface area contributed by atoms with Crippen LogP contribution in [0.2, 0.25) is 0 Å². The van der Waals surface area contributed by atoms with Gasteiger partial charge >= 0.3 is 11.9 Å². The monoisotopic (exact) mass is 460 g/mol. The van der Waals surface area contributed by atoms with Gasteiger partial charge in [0.15, 0.2) is 23.3 Å². The molecule has 0 aromatic rings. The Morgan fingerprint density at radius 3 is 2.53 bits per heavy atom. The summed E-state index contributed by atoms with van der Waals surface area (Å²) in [4.78, 5) is 35.4. The van der Waals surface area contributed by atoms with Gasteiger partial charge in [0.25, 0.3) is 10.1 Å². The van der Waals surface area contributed by atoms with Crippen molar-refractivity contribution in [3.63, 3.8) is 0 Å². The topological polar surface area (TPSA) is 149 Å². The van der Waals surface area contributed by atoms with Gasteiger partial charge < -0.3 is 14.2 Å². The van der Waals surface area contributed by atoms with E-state index in [-0.39, 0.29) is 11.8 Å². The summed E-state index contributed by atoms with van der Waals surface area (Å²) in [5, 5.41) is 0.161. The summed E-state index contributed by atoms with van der Waals surface area (Å²) < 4.78 is 46.6. The molecule has 164 valence electrons. The Hall–Kier alpha value is -2.29. The molecule has 0 bridgehead atoms. The first kappa shape index (κ1) is 22.4. The van der Waals surface area contributed by atoms with Crippen molar-refractivity contribution >= 4 is 34.7 Å². The minimum absolute atomic E-state index is 0.161. The summed E-state index contributed by atoms with van der Waals surface area (Å²) in [7, 11) is -3.98. The maximum Gasteiger partial charge on any atom is 0.303 e. The number of imidazole rings is 1. The fraction of sp³-hybridized carbons (Fsp3) is 0.562. The van der Waals surface area contributed by atoms with Crippen molar-refractivity contribution in [2.75, 3.05) is 12.9 Å². The molecule has 3 heterocycles. The largest absolute Gasteiger partial charge is 0.463 e. The highest BCUT2D eigenvalue weighted by atomic mass is 32.2. The van der Waals surface area contributed by atoms with E-state index in [2.05, 4.69) is 27.6 Å². The second kappa shape index (κ2) is 8.45. The Morgan fingerprint density at radius 2 is 1.93 bits per heavy atom. The highest BCUT2D eigenvalue weighted by Crippen LogP contribution is 2.38. The van der Waals surface area contributed by atoms with Crippen molar-refractivity contribution in [2.24, 2.45) is 0 Å². The molecule has 14 heteroatoms. The van der Waals surface area contributed by atoms with Crippen LogP contribution in [0.1, 0.15) is 25.8 Å². The molecule has 0 aliphatic carbocycles. The fourth-order valence-electron chi connectivity index (χ4n) is 3.20. The van der Waals surface area contributed by atoms with E-state index in [0.717, 1.165) is 13.2 Å². The molecule has 0 radical (unpaired) electrons. The predicted octanol–water partition coefficient (Wildman–Crippen LogP) is 0.112. The lowest BCUT2D eigenvalue weighted by Gasteiger charge is -2.26. The van der Waals surface area contributed by atoms with Gasteiger partial charge in [0.2, 0.25) is 0 Å². The number of carbonyl (C=O) groups excluding carboxylic acids is 2. The average Bonchev–Trinajstić information content (AvgIpc) is 3.18. The summed E-state index contributed by atoms with van der Waals surface area (Å²) in [6.07, 6.45) is -2.45. The third kappa shape index (κ3) is 4.71. The van der Waals surface area contributed by atoms with Gasteiger partial charge in [-0.05, 0) is 6.92 Å². The van der Waals surface area contributed by atoms with E-state index >= 15 is 0 Å². The molecule has 30 heavy (non-hydrogen) atoms. The highest BCUT2D eigenvalue weighted by Gasteiger charge is 2.51. The van der Waals surface area contributed by atoms with Crippen LogP contribution in [0.15, 0.2) is 11.5 Å². The van der Waals surface area contributed by atoms with Crippen molar-refractivity contribution in [1.82, 2.24) is 19.5 Å². The third-order valence-electron chi connectivity index (χ3n) is 4.28. The first-order valence-electron chi connectivity index (χ1n) is 8.70. The molecule has 0 saturated carbocycles. The van der Waals surface area contributed by atoms with Gasteiger partial charge in [-0.3, -0.25) is 18.3 Å². The van der Waals surface area contributed by atoms with Crippen LogP contribution in [0.4, 0.5) is 0 Å². The summed E-state index contributed by atoms with van der Waals surface area (Å²) in [6.45, 7) is 3.74. The molecule has 0 aromatic carbocycles. The minimum Gasteiger partial charge on any atom is -0.463 e. The van der Waals surface area contributed by atoms with E-state index in [1.165, 1.54) is 17.8 Å². The summed E-state index contributed by atoms with van der Waals surface area (Å²) in [6, 6.07) is 0. The van der Waals surface area contributed by atoms with Crippen LogP contribution < -0.4 is 0 Å². The summed E-state index contributed by atoms with van der Waals surface area (Å²) in [5.41, 5.74) is 0.998. The van der Waals surface area contributed by atoms with Gasteiger partial charge in [0.05, 0.1) is 6.26 Å². The normalized spacial score (nSPS) is 24.2. The van der Waals surface area contributed by atoms with E-state index in [1.807, 2.05) is 0 Å². The number of rotatable bonds is 6. The number of fused-ring (bicyclic) bond motifs is 1. The van der Waals surface area contributed by atoms with Crippen LogP contribution in [0.3, 0.4) is 0 Å². The van der Waals surface area contributed by atoms with Crippen LogP contribution >= 0.6 is 12.6 Å². The summed E-state index contributed by atoms with van der Waals surface area (Å²) in [5.74, 6) is -0.931. The zero-order chi connectivity index (χ0) is 22.2. The molecule has 0 N–H and O–H groups in total. The van der Waals surface area contributed by atoms with Crippen molar-refractivity contribution in [1.29, 1.82) is 0 Å². The first-order valence-corrected chi connectivity index (χ1v) is 11.0. The van der Waals surface area contributed by atoms with Gasteiger partial charge in [-0.2, -0.15) is 8.42 Å². The van der Waals surface area contributed by atoms with Gasteiger partial charge in [0.1, 0.15) is 30.8 Å². The number of hydrogen-bond acceptors (Lipinski definition) is 12. The van der Waals surface area contributed by atoms with Crippen molar-refractivity contribution in [2.45, 2.75) is 50.5 Å². The molecule has 12 nitrogen and oxygen atoms in total. The SMILES string of the molecule is CC(=O)OC[C@H]1O[C@@H](n2c(S)nc3ncnc-3c2C)[C@H](OC(C)=O)[C@H]1OS(C)(=O)=O. The Morgan fingerprint density at radius 1 is 1.23 bits per heavy atom. The van der Waals surface area contributed by atoms with Gasteiger partial charge in [-0.25, -0.2) is 15.0 Å². The fourth-order valence-corrected chi connectivity index (χ4v) is 4.19. The molecule has 1 fully saturated rings. The van der Waals surface area contributed by atoms with Crippen LogP contribution in [0.25, 0.3) is 11.5 Å². The van der Waals surface area contributed by atoms with E-state index in [9.17, 15) is 18.0 Å². The molecule has 0 unspecified atom stereocenters. The lowest BCUT2D eigenvalue weighted by atomic mass is 10.1. The Kier molecular flexibility index (Phi) is 6.31. The molecule has 4 atom stereocenters. The first-order chi connectivity index (χ1) is 14.0. The van der Waals surface area contributed by atoms with Crippen LogP contribution in [-0.2, 0) is 38.1 Å². The van der Waals surface area contributed by atoms with Crippen LogP contribution in [0, 0.1) is 6.92 Å². The summed E-state index contributed by atoms with van der Waals surface area (Å²) >= 11 is 4.37. The quantitative estimate of drug-likeness (QED) is 0.271. The second-order valence-corrected chi connectivity index (χ2v) is 8.62. The smallest absolute Gasteiger partial charge is 0.303 e. The number of thiol groups is 1. The molecular formula is C16H20N4O8S2. The third-order valence-corrected chi connectivity index (χ3v) is 5.17. The number of nitrogens with zero attached hydrogens (tertiary/aromatic N) is 4. The minimum atomic E-state index is -3.98. The zero-order valence-electron chi connectivity index (χ0n) is 16.5. The highest BCUT2D eigenvalue weighted by molar-refractivity contribution is 7.86. The second-order valence-electron chi connectivity index (χ2n) is 6.62. The average molecular weight is 460 g/mol. The maximum absolute atomic E-state index is 11.8. The lowest BCUT2D eigenvalue weighted by Crippen LogP contribution is -2.41. The van der Waals surface area contributed by atoms with Crippen LogP contribution in [-0.4, -0.2) is 71.0 Å². The van der Waals surface area contributed by atoms with Crippen molar-refractivity contribution in [3.05, 3.63) is 12.0 Å². The van der Waals surface area contributed by atoms with E-state index < -0.39 is 46.6 Å². The van der Waals surface area contributed by atoms with Crippen molar-refractivity contribution < 1.29 is 36.4 Å². The Bertz CT molecular complexity index is 1040. The molecule has 0 aromatic heterocycles. The number of carbonyl (C=O) groups is 2. The predicted molar refractivity (Wildman–Crippen MR) is 102 cm³/mol. The lowest BCUT2D eigenvalue weighted by molar-refractivity contribution is -0.155. The van der Waals surface area contributed by atoms with Gasteiger partial charge in [-0.15, -0.1) is 12.6 Å². The number of aromatic nitrogens is 4. The maximum atomic E-state index is 11.8. The molecule has 1 saturated heterocycles. The van der Waals surface area contributed by atoms with E-state index in [1.54, 1.807) is 6.92 Å². The molecule has 0 amide bonds. The van der Waals surface area contributed by atoms with Crippen molar-refractivity contribution in [3.8, 4) is 11.5 Å². The van der Waals surface area contributed by atoms with E-state index in [4.69, 9.17) is 18.4 Å². The zero-order valence-corrected chi connectivity index (χ0v) is 18.2. The number of ether oxygens (including phenoxy) is 3. The molecule has 0 spiro atoms. The molecule has 3 rings (SSSR count). The molecule has 3 aliphatic rings. The molecular weight excluding hydrogens is 440 g/mol. The van der Waals surface area contributed by atoms with Gasteiger partial charge in [-0.1, -0.05) is 0 Å². The Balaban J connectivity index is 2.09. The molecule has 3 aliphatic heterocycles. The number of esters is 2. The van der Waals surface area contributed by atoms with Gasteiger partial charge in [0, 0.05) is 19.5 Å². The Labute approximate surface area is 177 Å².